The van der Waals surface area contributed by atoms with E-state index in [-0.39, 0.29) is 0 Å². The first-order chi connectivity index (χ1) is 9.56. The molecule has 108 valence electrons. The zero-order valence-corrected chi connectivity index (χ0v) is 12.9. The van der Waals surface area contributed by atoms with Crippen molar-refractivity contribution >= 4 is 27.0 Å². The van der Waals surface area contributed by atoms with Crippen LogP contribution in [0, 0.1) is 0 Å². The summed E-state index contributed by atoms with van der Waals surface area (Å²) in [5.74, 6) is 0. The van der Waals surface area contributed by atoms with E-state index < -0.39 is 10.0 Å². The lowest BCUT2D eigenvalue weighted by molar-refractivity contribution is 0.603. The summed E-state index contributed by atoms with van der Waals surface area (Å²) in [6.45, 7) is 2.41. The van der Waals surface area contributed by atoms with E-state index in [1.165, 1.54) is 11.3 Å². The number of hydrogen-bond acceptors (Lipinski definition) is 4. The number of rotatable bonds is 6. The standard InChI is InChI=1S/C14H18N2O2S2/c1-2-5-12-6-3-4-7-13(12)16-20(17,18)14-8-11(9-15)10-19-14/h3-4,6-8,10,16H,2,5,9,15H2,1H3. The minimum Gasteiger partial charge on any atom is -0.326 e. The Kier molecular flexibility index (Phi) is 4.80. The third-order valence-electron chi connectivity index (χ3n) is 2.91. The van der Waals surface area contributed by atoms with Crippen LogP contribution in [-0.2, 0) is 23.0 Å². The molecule has 0 saturated carbocycles. The fourth-order valence-electron chi connectivity index (χ4n) is 1.90. The number of hydrogen-bond donors (Lipinski definition) is 2. The highest BCUT2D eigenvalue weighted by Gasteiger charge is 2.17. The number of para-hydroxylation sites is 1. The van der Waals surface area contributed by atoms with Gasteiger partial charge < -0.3 is 5.73 Å². The zero-order chi connectivity index (χ0) is 14.6. The highest BCUT2D eigenvalue weighted by atomic mass is 32.2. The molecule has 6 heteroatoms. The minimum atomic E-state index is -3.53. The summed E-state index contributed by atoms with van der Waals surface area (Å²) in [6.07, 6.45) is 1.81. The average Bonchev–Trinajstić information content (AvgIpc) is 2.91. The Morgan fingerprint density at radius 3 is 2.70 bits per heavy atom. The van der Waals surface area contributed by atoms with Crippen LogP contribution in [0.3, 0.4) is 0 Å². The molecule has 1 heterocycles. The maximum Gasteiger partial charge on any atom is 0.271 e. The average molecular weight is 310 g/mol. The molecule has 4 nitrogen and oxygen atoms in total. The monoisotopic (exact) mass is 310 g/mol. The molecule has 1 aromatic carbocycles. The number of thiophene rings is 1. The van der Waals surface area contributed by atoms with Crippen molar-refractivity contribution in [2.45, 2.75) is 30.5 Å². The summed E-state index contributed by atoms with van der Waals surface area (Å²) in [4.78, 5) is 0. The molecule has 0 unspecified atom stereocenters. The van der Waals surface area contributed by atoms with E-state index >= 15 is 0 Å². The fourth-order valence-corrected chi connectivity index (χ4v) is 4.23. The van der Waals surface area contributed by atoms with Crippen LogP contribution >= 0.6 is 11.3 Å². The van der Waals surface area contributed by atoms with E-state index in [1.807, 2.05) is 18.2 Å². The molecule has 0 aliphatic rings. The Morgan fingerprint density at radius 1 is 1.30 bits per heavy atom. The van der Waals surface area contributed by atoms with E-state index in [2.05, 4.69) is 11.6 Å². The minimum absolute atomic E-state index is 0.296. The van der Waals surface area contributed by atoms with Gasteiger partial charge in [-0.05, 0) is 35.1 Å². The molecule has 2 rings (SSSR count). The molecule has 0 aliphatic carbocycles. The summed E-state index contributed by atoms with van der Waals surface area (Å²) < 4.78 is 27.7. The smallest absolute Gasteiger partial charge is 0.271 e. The highest BCUT2D eigenvalue weighted by molar-refractivity contribution is 7.94. The van der Waals surface area contributed by atoms with Crippen LogP contribution in [-0.4, -0.2) is 8.42 Å². The molecule has 0 amide bonds. The SMILES string of the molecule is CCCc1ccccc1NS(=O)(=O)c1cc(CN)cs1. The summed E-state index contributed by atoms with van der Waals surface area (Å²) in [5.41, 5.74) is 8.00. The Morgan fingerprint density at radius 2 is 2.05 bits per heavy atom. The summed E-state index contributed by atoms with van der Waals surface area (Å²) in [5, 5.41) is 1.77. The normalized spacial score (nSPS) is 11.5. The molecule has 3 N–H and O–H groups in total. The molecular weight excluding hydrogens is 292 g/mol. The first-order valence-corrected chi connectivity index (χ1v) is 8.81. The fraction of sp³-hybridized carbons (Fsp3) is 0.286. The Hall–Kier alpha value is -1.37. The third kappa shape index (κ3) is 3.39. The van der Waals surface area contributed by atoms with Crippen molar-refractivity contribution in [1.82, 2.24) is 0 Å². The second-order valence-corrected chi connectivity index (χ2v) is 7.31. The summed E-state index contributed by atoms with van der Waals surface area (Å²) >= 11 is 1.19. The lowest BCUT2D eigenvalue weighted by Crippen LogP contribution is -2.13. The van der Waals surface area contributed by atoms with Gasteiger partial charge in [-0.25, -0.2) is 8.42 Å². The van der Waals surface area contributed by atoms with E-state index in [9.17, 15) is 8.42 Å². The van der Waals surface area contributed by atoms with Gasteiger partial charge in [0.2, 0.25) is 0 Å². The van der Waals surface area contributed by atoms with Gasteiger partial charge in [0, 0.05) is 6.54 Å². The van der Waals surface area contributed by atoms with Crippen LogP contribution in [0.25, 0.3) is 0 Å². The molecule has 0 fully saturated rings. The van der Waals surface area contributed by atoms with Crippen LogP contribution in [0.5, 0.6) is 0 Å². The number of nitrogens with one attached hydrogen (secondary N) is 1. The second-order valence-electron chi connectivity index (χ2n) is 4.49. The zero-order valence-electron chi connectivity index (χ0n) is 11.3. The number of aryl methyl sites for hydroxylation is 1. The van der Waals surface area contributed by atoms with Crippen LogP contribution in [0.2, 0.25) is 0 Å². The van der Waals surface area contributed by atoms with E-state index in [1.54, 1.807) is 17.5 Å². The van der Waals surface area contributed by atoms with Crippen LogP contribution in [0.15, 0.2) is 39.9 Å². The molecule has 1 aromatic heterocycles. The maximum atomic E-state index is 12.3. The Labute approximate surface area is 123 Å². The molecule has 0 atom stereocenters. The Balaban J connectivity index is 2.28. The third-order valence-corrected chi connectivity index (χ3v) is 5.77. The van der Waals surface area contributed by atoms with Crippen LogP contribution < -0.4 is 10.5 Å². The van der Waals surface area contributed by atoms with Crippen molar-refractivity contribution in [1.29, 1.82) is 0 Å². The highest BCUT2D eigenvalue weighted by Crippen LogP contribution is 2.25. The molecule has 0 radical (unpaired) electrons. The molecule has 0 aliphatic heterocycles. The van der Waals surface area contributed by atoms with Crippen molar-refractivity contribution in [2.24, 2.45) is 5.73 Å². The van der Waals surface area contributed by atoms with Crippen molar-refractivity contribution in [3.05, 3.63) is 46.8 Å². The number of sulfonamides is 1. The number of anilines is 1. The lowest BCUT2D eigenvalue weighted by atomic mass is 10.1. The maximum absolute atomic E-state index is 12.3. The topological polar surface area (TPSA) is 72.2 Å². The lowest BCUT2D eigenvalue weighted by Gasteiger charge is -2.11. The number of benzene rings is 1. The van der Waals surface area contributed by atoms with Gasteiger partial charge in [-0.15, -0.1) is 11.3 Å². The van der Waals surface area contributed by atoms with Gasteiger partial charge >= 0.3 is 0 Å². The molecular formula is C14H18N2O2S2. The van der Waals surface area contributed by atoms with Crippen molar-refractivity contribution in [2.75, 3.05) is 4.72 Å². The van der Waals surface area contributed by atoms with Gasteiger partial charge in [0.15, 0.2) is 0 Å². The second kappa shape index (κ2) is 6.39. The van der Waals surface area contributed by atoms with Crippen molar-refractivity contribution in [3.8, 4) is 0 Å². The van der Waals surface area contributed by atoms with Crippen molar-refractivity contribution in [3.63, 3.8) is 0 Å². The molecule has 0 saturated heterocycles. The van der Waals surface area contributed by atoms with Gasteiger partial charge in [-0.1, -0.05) is 31.5 Å². The van der Waals surface area contributed by atoms with E-state index in [4.69, 9.17) is 5.73 Å². The van der Waals surface area contributed by atoms with Gasteiger partial charge in [-0.3, -0.25) is 4.72 Å². The largest absolute Gasteiger partial charge is 0.326 e. The molecule has 0 bridgehead atoms. The van der Waals surface area contributed by atoms with Crippen LogP contribution in [0.4, 0.5) is 5.69 Å². The molecule has 2 aromatic rings. The van der Waals surface area contributed by atoms with Crippen molar-refractivity contribution < 1.29 is 8.42 Å². The molecule has 0 spiro atoms. The van der Waals surface area contributed by atoms with Gasteiger partial charge in [0.05, 0.1) is 5.69 Å². The predicted molar refractivity (Wildman–Crippen MR) is 83.5 cm³/mol. The summed E-state index contributed by atoms with van der Waals surface area (Å²) in [6, 6.07) is 9.10. The summed E-state index contributed by atoms with van der Waals surface area (Å²) in [7, 11) is -3.53. The molecule has 20 heavy (non-hydrogen) atoms. The van der Waals surface area contributed by atoms with Gasteiger partial charge in [-0.2, -0.15) is 0 Å². The van der Waals surface area contributed by atoms with Gasteiger partial charge in [0.1, 0.15) is 4.21 Å². The number of nitrogens with two attached hydrogens (primary N) is 1. The first kappa shape index (κ1) is 15.0. The quantitative estimate of drug-likeness (QED) is 0.861. The van der Waals surface area contributed by atoms with Crippen LogP contribution in [0.1, 0.15) is 24.5 Å². The van der Waals surface area contributed by atoms with E-state index in [0.717, 1.165) is 24.0 Å². The Bertz CT molecular complexity index is 678. The van der Waals surface area contributed by atoms with Gasteiger partial charge in [0.25, 0.3) is 10.0 Å². The van der Waals surface area contributed by atoms with E-state index in [0.29, 0.717) is 16.4 Å². The predicted octanol–water partition coefficient (Wildman–Crippen LogP) is 2.96. The first-order valence-electron chi connectivity index (χ1n) is 6.45.